The number of nitrogens with one attached hydrogen (secondary N) is 4. The minimum atomic E-state index is -2.70. The van der Waals surface area contributed by atoms with Crippen molar-refractivity contribution in [3.8, 4) is 0 Å². The van der Waals surface area contributed by atoms with Crippen LogP contribution in [0.1, 0.15) is 19.3 Å². The molecular formula is C21H31F2N7O. The van der Waals surface area contributed by atoms with Crippen molar-refractivity contribution in [3.63, 3.8) is 0 Å². The first kappa shape index (κ1) is 21.9. The van der Waals surface area contributed by atoms with Crippen molar-refractivity contribution in [1.29, 1.82) is 0 Å². The summed E-state index contributed by atoms with van der Waals surface area (Å²) in [5.74, 6) is -2.91. The van der Waals surface area contributed by atoms with E-state index in [1.165, 1.54) is 0 Å². The summed E-state index contributed by atoms with van der Waals surface area (Å²) in [6.07, 6.45) is 8.95. The Labute approximate surface area is 181 Å². The summed E-state index contributed by atoms with van der Waals surface area (Å²) in [6.45, 7) is 2.53. The summed E-state index contributed by atoms with van der Waals surface area (Å²) in [6, 6.07) is 0.0490. The van der Waals surface area contributed by atoms with E-state index in [-0.39, 0.29) is 25.6 Å². The lowest BCUT2D eigenvalue weighted by atomic mass is 9.94. The van der Waals surface area contributed by atoms with Gasteiger partial charge in [0.1, 0.15) is 11.9 Å². The van der Waals surface area contributed by atoms with E-state index in [1.807, 2.05) is 12.3 Å². The largest absolute Gasteiger partial charge is 0.388 e. The number of nitrogens with two attached hydrogens (primary N) is 1. The smallest absolute Gasteiger partial charge is 0.255 e. The predicted molar refractivity (Wildman–Crippen MR) is 117 cm³/mol. The van der Waals surface area contributed by atoms with Gasteiger partial charge in [0.15, 0.2) is 0 Å². The van der Waals surface area contributed by atoms with Gasteiger partial charge in [-0.25, -0.2) is 13.8 Å². The fourth-order valence-electron chi connectivity index (χ4n) is 4.09. The van der Waals surface area contributed by atoms with Crippen molar-refractivity contribution >= 4 is 11.5 Å². The number of nitrogens with zero attached hydrogens (tertiary/aromatic N) is 2. The van der Waals surface area contributed by atoms with Crippen molar-refractivity contribution in [2.45, 2.75) is 37.3 Å². The molecule has 2 saturated heterocycles. The molecule has 2 fully saturated rings. The summed E-state index contributed by atoms with van der Waals surface area (Å²) in [5, 5.41) is 12.9. The second kappa shape index (κ2) is 9.88. The summed E-state index contributed by atoms with van der Waals surface area (Å²) in [4.78, 5) is 9.20. The van der Waals surface area contributed by atoms with Crippen LogP contribution in [-0.2, 0) is 4.74 Å². The summed E-state index contributed by atoms with van der Waals surface area (Å²) < 4.78 is 33.9. The minimum absolute atomic E-state index is 0.128. The molecule has 170 valence electrons. The van der Waals surface area contributed by atoms with Crippen LogP contribution in [0.2, 0.25) is 0 Å². The molecule has 0 aromatic carbocycles. The zero-order valence-corrected chi connectivity index (χ0v) is 17.5. The first-order valence-electron chi connectivity index (χ1n) is 10.9. The molecular weight excluding hydrogens is 404 g/mol. The molecule has 0 aromatic heterocycles. The number of hydrogen-bond acceptors (Lipinski definition) is 8. The highest BCUT2D eigenvalue weighted by atomic mass is 19.3. The van der Waals surface area contributed by atoms with Crippen molar-refractivity contribution in [1.82, 2.24) is 21.3 Å². The van der Waals surface area contributed by atoms with Crippen LogP contribution in [0.25, 0.3) is 0 Å². The molecule has 4 rings (SSSR count). The first-order chi connectivity index (χ1) is 15.1. The second-order valence-corrected chi connectivity index (χ2v) is 8.22. The van der Waals surface area contributed by atoms with Gasteiger partial charge in [-0.15, -0.1) is 0 Å². The van der Waals surface area contributed by atoms with E-state index in [0.717, 1.165) is 37.3 Å². The zero-order valence-electron chi connectivity index (χ0n) is 17.5. The van der Waals surface area contributed by atoms with Gasteiger partial charge in [0.25, 0.3) is 5.92 Å². The fraction of sp³-hybridized carbons (Fsp3) is 0.619. The number of aliphatic imine (C=N–C) groups is 2. The van der Waals surface area contributed by atoms with Gasteiger partial charge in [-0.1, -0.05) is 0 Å². The second-order valence-electron chi connectivity index (χ2n) is 8.22. The van der Waals surface area contributed by atoms with Crippen molar-refractivity contribution in [2.24, 2.45) is 21.6 Å². The number of amidine groups is 1. The third kappa shape index (κ3) is 5.31. The predicted octanol–water partition coefficient (Wildman–Crippen LogP) is 0.612. The van der Waals surface area contributed by atoms with Crippen LogP contribution in [-0.4, -0.2) is 68.9 Å². The highest BCUT2D eigenvalue weighted by Crippen LogP contribution is 2.30. The molecule has 0 aromatic rings. The minimum Gasteiger partial charge on any atom is -0.388 e. The molecule has 0 saturated carbocycles. The Bertz CT molecular complexity index is 800. The number of halogens is 2. The number of hydrogen-bond donors (Lipinski definition) is 5. The lowest BCUT2D eigenvalue weighted by Gasteiger charge is -2.34. The molecule has 8 nitrogen and oxygen atoms in total. The molecule has 6 N–H and O–H groups in total. The maximum atomic E-state index is 14.3. The highest BCUT2D eigenvalue weighted by molar-refractivity contribution is 6.18. The van der Waals surface area contributed by atoms with Gasteiger partial charge in [-0.05, 0) is 18.9 Å². The standard InChI is InChI=1S/C21H31F2N7O/c22-21(23)3-4-25-12-15(21)13-29-20-19-18(26-5-6-27-19)9-17(30-20)14(10-24)11-28-16-1-7-31-8-2-16/h5-6,9,11,15-16,19,25,27-28H,1-4,7-8,10,12-13,24H2,(H,29,30)/b14-11+/t15-,19?/m0/s1. The average Bonchev–Trinajstić information content (AvgIpc) is 2.79. The van der Waals surface area contributed by atoms with Gasteiger partial charge in [0, 0.05) is 76.0 Å². The van der Waals surface area contributed by atoms with E-state index in [2.05, 4.69) is 26.3 Å². The van der Waals surface area contributed by atoms with E-state index in [4.69, 9.17) is 15.5 Å². The van der Waals surface area contributed by atoms with Gasteiger partial charge >= 0.3 is 0 Å². The van der Waals surface area contributed by atoms with Crippen LogP contribution in [0.15, 0.2) is 45.9 Å². The molecule has 1 unspecified atom stereocenters. The number of rotatable bonds is 6. The summed E-state index contributed by atoms with van der Waals surface area (Å²) in [7, 11) is 0. The Balaban J connectivity index is 1.50. The van der Waals surface area contributed by atoms with Crippen LogP contribution >= 0.6 is 0 Å². The molecule has 0 radical (unpaired) electrons. The van der Waals surface area contributed by atoms with E-state index in [0.29, 0.717) is 30.7 Å². The van der Waals surface area contributed by atoms with Crippen molar-refractivity contribution in [2.75, 3.05) is 39.4 Å². The van der Waals surface area contributed by atoms with Gasteiger partial charge in [0.2, 0.25) is 0 Å². The van der Waals surface area contributed by atoms with Crippen LogP contribution in [0.5, 0.6) is 0 Å². The lowest BCUT2D eigenvalue weighted by Crippen LogP contribution is -2.54. The van der Waals surface area contributed by atoms with Crippen LogP contribution < -0.4 is 27.0 Å². The molecule has 2 atom stereocenters. The van der Waals surface area contributed by atoms with E-state index in [9.17, 15) is 8.78 Å². The van der Waals surface area contributed by atoms with Crippen molar-refractivity contribution < 1.29 is 13.5 Å². The Kier molecular flexibility index (Phi) is 6.99. The number of piperidine rings is 1. The maximum Gasteiger partial charge on any atom is 0.255 e. The molecule has 4 aliphatic rings. The number of fused-ring (bicyclic) bond motifs is 1. The Morgan fingerprint density at radius 2 is 2.19 bits per heavy atom. The van der Waals surface area contributed by atoms with Gasteiger partial charge < -0.3 is 31.7 Å². The molecule has 0 aliphatic carbocycles. The zero-order chi connectivity index (χ0) is 21.7. The maximum absolute atomic E-state index is 14.3. The molecule has 31 heavy (non-hydrogen) atoms. The number of alkyl halides is 2. The molecule has 4 aliphatic heterocycles. The average molecular weight is 436 g/mol. The third-order valence-electron chi connectivity index (χ3n) is 6.07. The fourth-order valence-corrected chi connectivity index (χ4v) is 4.09. The third-order valence-corrected chi connectivity index (χ3v) is 6.07. The van der Waals surface area contributed by atoms with Gasteiger partial charge in [-0.2, -0.15) is 0 Å². The van der Waals surface area contributed by atoms with Crippen LogP contribution in [0.4, 0.5) is 8.78 Å². The monoisotopic (exact) mass is 435 g/mol. The molecule has 4 heterocycles. The normalized spacial score (nSPS) is 28.6. The first-order valence-corrected chi connectivity index (χ1v) is 10.9. The van der Waals surface area contributed by atoms with Gasteiger partial charge in [0.05, 0.1) is 17.3 Å². The van der Waals surface area contributed by atoms with Crippen LogP contribution in [0, 0.1) is 5.92 Å². The summed E-state index contributed by atoms with van der Waals surface area (Å²) >= 11 is 0. The molecule has 0 amide bonds. The number of ether oxygens (including phenoxy) is 1. The van der Waals surface area contributed by atoms with Crippen LogP contribution in [0.3, 0.4) is 0 Å². The lowest BCUT2D eigenvalue weighted by molar-refractivity contribution is -0.0756. The van der Waals surface area contributed by atoms with Crippen molar-refractivity contribution in [3.05, 3.63) is 35.9 Å². The Morgan fingerprint density at radius 3 is 2.97 bits per heavy atom. The molecule has 10 heteroatoms. The quantitative estimate of drug-likeness (QED) is 0.419. The highest BCUT2D eigenvalue weighted by Gasteiger charge is 2.41. The Morgan fingerprint density at radius 1 is 1.35 bits per heavy atom. The van der Waals surface area contributed by atoms with E-state index in [1.54, 1.807) is 12.4 Å². The SMILES string of the molecule is NC/C(=C\NC1CCOCC1)C1=CC2=NC=CNC2C(NC[C@@H]2CNCCC2(F)F)=N1. The Hall–Kier alpha value is -2.30. The van der Waals surface area contributed by atoms with E-state index >= 15 is 0 Å². The topological polar surface area (TPSA) is 108 Å². The summed E-state index contributed by atoms with van der Waals surface area (Å²) in [5.41, 5.74) is 8.32. The molecule has 0 bridgehead atoms. The van der Waals surface area contributed by atoms with Gasteiger partial charge in [-0.3, -0.25) is 4.99 Å². The van der Waals surface area contributed by atoms with E-state index < -0.39 is 11.8 Å². The molecule has 0 spiro atoms.